The van der Waals surface area contributed by atoms with E-state index in [1.54, 1.807) is 4.90 Å². The van der Waals surface area contributed by atoms with Gasteiger partial charge in [-0.25, -0.2) is 4.79 Å². The minimum atomic E-state index is -0.00842. The molecule has 2 rings (SSSR count). The van der Waals surface area contributed by atoms with Crippen molar-refractivity contribution >= 4 is 6.03 Å². The van der Waals surface area contributed by atoms with E-state index in [9.17, 15) is 4.79 Å². The topological polar surface area (TPSA) is 67.6 Å². The maximum atomic E-state index is 11.3. The molecule has 5 nitrogen and oxygen atoms in total. The molecule has 5 heteroatoms. The first-order chi connectivity index (χ1) is 8.66. The van der Waals surface area contributed by atoms with Gasteiger partial charge >= 0.3 is 6.03 Å². The molecule has 1 saturated heterocycles. The van der Waals surface area contributed by atoms with Gasteiger partial charge < -0.3 is 20.7 Å². The van der Waals surface area contributed by atoms with Gasteiger partial charge in [-0.15, -0.1) is 0 Å². The average Bonchev–Trinajstić information content (AvgIpc) is 2.76. The molecule has 0 radical (unpaired) electrons. The van der Waals surface area contributed by atoms with Crippen LogP contribution in [0.1, 0.15) is 18.5 Å². The molecule has 1 atom stereocenters. The number of hydrogen-bond acceptors (Lipinski definition) is 3. The van der Waals surface area contributed by atoms with Crippen molar-refractivity contribution in [2.24, 2.45) is 5.73 Å². The number of nitrogens with one attached hydrogen (secondary N) is 1. The van der Waals surface area contributed by atoms with Gasteiger partial charge in [0.25, 0.3) is 0 Å². The number of nitrogens with zero attached hydrogens (tertiary/aromatic N) is 1. The van der Waals surface area contributed by atoms with Crippen molar-refractivity contribution in [3.63, 3.8) is 0 Å². The molecule has 1 aromatic carbocycles. The Bertz CT molecular complexity index is 403. The lowest BCUT2D eigenvalue weighted by Crippen LogP contribution is -2.31. The number of benzene rings is 1. The Kier molecular flexibility index (Phi) is 4.04. The van der Waals surface area contributed by atoms with E-state index in [0.29, 0.717) is 13.2 Å². The van der Waals surface area contributed by atoms with Gasteiger partial charge in [-0.05, 0) is 24.6 Å². The van der Waals surface area contributed by atoms with Crippen LogP contribution in [0.2, 0.25) is 0 Å². The van der Waals surface area contributed by atoms with Crippen LogP contribution < -0.4 is 15.8 Å². The summed E-state index contributed by atoms with van der Waals surface area (Å²) in [7, 11) is 0. The molecule has 1 fully saturated rings. The lowest BCUT2D eigenvalue weighted by molar-refractivity contribution is 0.202. The number of ether oxygens (including phenoxy) is 1. The van der Waals surface area contributed by atoms with E-state index in [1.807, 2.05) is 31.2 Å². The number of amides is 2. The summed E-state index contributed by atoms with van der Waals surface area (Å²) < 4.78 is 5.59. The lowest BCUT2D eigenvalue weighted by atomic mass is 10.1. The number of urea groups is 1. The highest BCUT2D eigenvalue weighted by molar-refractivity contribution is 5.76. The molecule has 0 aromatic heterocycles. The average molecular weight is 249 g/mol. The molecule has 0 aliphatic carbocycles. The van der Waals surface area contributed by atoms with Gasteiger partial charge in [-0.1, -0.05) is 12.1 Å². The van der Waals surface area contributed by atoms with Gasteiger partial charge in [0.2, 0.25) is 0 Å². The number of nitrogens with two attached hydrogens (primary N) is 1. The normalized spacial score (nSPS) is 16.6. The highest BCUT2D eigenvalue weighted by Gasteiger charge is 2.18. The van der Waals surface area contributed by atoms with Crippen LogP contribution in [0.4, 0.5) is 4.79 Å². The van der Waals surface area contributed by atoms with Crippen molar-refractivity contribution in [2.75, 3.05) is 26.2 Å². The Morgan fingerprint density at radius 1 is 1.44 bits per heavy atom. The van der Waals surface area contributed by atoms with Gasteiger partial charge in [0.05, 0.1) is 6.54 Å². The SMILES string of the molecule is C[C@@H](N)c1ccc(OCCN2CCNC2=O)cc1. The van der Waals surface area contributed by atoms with Crippen molar-refractivity contribution in [1.82, 2.24) is 10.2 Å². The summed E-state index contributed by atoms with van der Waals surface area (Å²) in [5, 5.41) is 2.76. The number of hydrogen-bond donors (Lipinski definition) is 2. The van der Waals surface area contributed by atoms with E-state index < -0.39 is 0 Å². The van der Waals surface area contributed by atoms with Crippen LogP contribution in [0.5, 0.6) is 5.75 Å². The van der Waals surface area contributed by atoms with Crippen LogP contribution in [0, 0.1) is 0 Å². The zero-order valence-corrected chi connectivity index (χ0v) is 10.6. The minimum Gasteiger partial charge on any atom is -0.492 e. The molecule has 98 valence electrons. The molecule has 2 amide bonds. The zero-order valence-electron chi connectivity index (χ0n) is 10.6. The fraction of sp³-hybridized carbons (Fsp3) is 0.462. The van der Waals surface area contributed by atoms with E-state index in [-0.39, 0.29) is 12.1 Å². The Hall–Kier alpha value is -1.75. The third-order valence-electron chi connectivity index (χ3n) is 2.98. The first kappa shape index (κ1) is 12.7. The summed E-state index contributed by atoms with van der Waals surface area (Å²) in [6, 6.07) is 7.76. The molecule has 0 unspecified atom stereocenters. The standard InChI is InChI=1S/C13H19N3O2/c1-10(14)11-2-4-12(5-3-11)18-9-8-16-7-6-15-13(16)17/h2-5,10H,6-9,14H2,1H3,(H,15,17)/t10-/m1/s1. The quantitative estimate of drug-likeness (QED) is 0.821. The highest BCUT2D eigenvalue weighted by atomic mass is 16.5. The number of carbonyl (C=O) groups is 1. The molecule has 0 bridgehead atoms. The highest BCUT2D eigenvalue weighted by Crippen LogP contribution is 2.15. The summed E-state index contributed by atoms with van der Waals surface area (Å²) in [6.45, 7) is 4.54. The Morgan fingerprint density at radius 3 is 2.72 bits per heavy atom. The largest absolute Gasteiger partial charge is 0.492 e. The first-order valence-electron chi connectivity index (χ1n) is 6.18. The molecular formula is C13H19N3O2. The summed E-state index contributed by atoms with van der Waals surface area (Å²) in [5.74, 6) is 0.805. The van der Waals surface area contributed by atoms with Crippen molar-refractivity contribution in [3.8, 4) is 5.75 Å². The molecule has 18 heavy (non-hydrogen) atoms. The molecule has 3 N–H and O–H groups in total. The monoisotopic (exact) mass is 249 g/mol. The van der Waals surface area contributed by atoms with Gasteiger partial charge in [-0.3, -0.25) is 0 Å². The third kappa shape index (κ3) is 3.13. The molecular weight excluding hydrogens is 230 g/mol. The predicted molar refractivity (Wildman–Crippen MR) is 69.5 cm³/mol. The van der Waals surface area contributed by atoms with Crippen LogP contribution in [0.25, 0.3) is 0 Å². The van der Waals surface area contributed by atoms with Crippen molar-refractivity contribution < 1.29 is 9.53 Å². The van der Waals surface area contributed by atoms with E-state index in [1.165, 1.54) is 0 Å². The lowest BCUT2D eigenvalue weighted by Gasteiger charge is -2.14. The molecule has 1 aliphatic rings. The van der Waals surface area contributed by atoms with Crippen LogP contribution >= 0.6 is 0 Å². The molecule has 1 aromatic rings. The second-order valence-corrected chi connectivity index (χ2v) is 4.43. The smallest absolute Gasteiger partial charge is 0.317 e. The molecule has 1 heterocycles. The predicted octanol–water partition coefficient (Wildman–Crippen LogP) is 1.11. The molecule has 0 spiro atoms. The zero-order chi connectivity index (χ0) is 13.0. The summed E-state index contributed by atoms with van der Waals surface area (Å²) in [6.07, 6.45) is 0. The second kappa shape index (κ2) is 5.73. The summed E-state index contributed by atoms with van der Waals surface area (Å²) in [4.78, 5) is 13.0. The maximum absolute atomic E-state index is 11.3. The molecule has 0 saturated carbocycles. The van der Waals surface area contributed by atoms with E-state index >= 15 is 0 Å². The van der Waals surface area contributed by atoms with Crippen molar-refractivity contribution in [2.45, 2.75) is 13.0 Å². The number of rotatable bonds is 5. The van der Waals surface area contributed by atoms with Crippen LogP contribution in [-0.2, 0) is 0 Å². The fourth-order valence-corrected chi connectivity index (χ4v) is 1.87. The van der Waals surface area contributed by atoms with Crippen LogP contribution in [0.15, 0.2) is 24.3 Å². The van der Waals surface area contributed by atoms with Crippen LogP contribution in [-0.4, -0.2) is 37.2 Å². The van der Waals surface area contributed by atoms with E-state index in [0.717, 1.165) is 24.4 Å². The summed E-state index contributed by atoms with van der Waals surface area (Å²) >= 11 is 0. The first-order valence-corrected chi connectivity index (χ1v) is 6.18. The fourth-order valence-electron chi connectivity index (χ4n) is 1.87. The Balaban J connectivity index is 1.78. The van der Waals surface area contributed by atoms with Crippen LogP contribution in [0.3, 0.4) is 0 Å². The Morgan fingerprint density at radius 2 is 2.17 bits per heavy atom. The van der Waals surface area contributed by atoms with Crippen molar-refractivity contribution in [1.29, 1.82) is 0 Å². The summed E-state index contributed by atoms with van der Waals surface area (Å²) in [5.41, 5.74) is 6.85. The van der Waals surface area contributed by atoms with Gasteiger partial charge in [-0.2, -0.15) is 0 Å². The molecule has 1 aliphatic heterocycles. The minimum absolute atomic E-state index is 0.00842. The Labute approximate surface area is 107 Å². The van der Waals surface area contributed by atoms with Gasteiger partial charge in [0.1, 0.15) is 12.4 Å². The van der Waals surface area contributed by atoms with E-state index in [4.69, 9.17) is 10.5 Å². The second-order valence-electron chi connectivity index (χ2n) is 4.43. The maximum Gasteiger partial charge on any atom is 0.317 e. The third-order valence-corrected chi connectivity index (χ3v) is 2.98. The van der Waals surface area contributed by atoms with Crippen molar-refractivity contribution in [3.05, 3.63) is 29.8 Å². The number of carbonyl (C=O) groups excluding carboxylic acids is 1. The van der Waals surface area contributed by atoms with Gasteiger partial charge in [0.15, 0.2) is 0 Å². The van der Waals surface area contributed by atoms with Gasteiger partial charge in [0, 0.05) is 19.1 Å². The van der Waals surface area contributed by atoms with E-state index in [2.05, 4.69) is 5.32 Å².